The molecule has 4 N–H and O–H groups in total. The quantitative estimate of drug-likeness (QED) is 0.526. The van der Waals surface area contributed by atoms with Gasteiger partial charge in [0.05, 0.1) is 11.3 Å². The van der Waals surface area contributed by atoms with Crippen LogP contribution >= 0.6 is 0 Å². The van der Waals surface area contributed by atoms with Gasteiger partial charge in [-0.05, 0) is 38.2 Å². The fourth-order valence-corrected chi connectivity index (χ4v) is 3.32. The minimum atomic E-state index is -1.20. The SMILES string of the molecule is CNCc1c(-c2cnc(N)c(O[C@H](C)c3cc(F)ccc3C(=O)O)c2)c(C#N)nn1C. The molecule has 1 aromatic carbocycles. The van der Waals surface area contributed by atoms with Crippen LogP contribution in [0.5, 0.6) is 5.75 Å². The molecule has 0 amide bonds. The molecule has 160 valence electrons. The Morgan fingerprint density at radius 3 is 2.84 bits per heavy atom. The first kappa shape index (κ1) is 21.7. The number of hydrogen-bond donors (Lipinski definition) is 3. The van der Waals surface area contributed by atoms with Gasteiger partial charge in [-0.1, -0.05) is 0 Å². The predicted octanol–water partition coefficient (Wildman–Crippen LogP) is 2.63. The molecule has 31 heavy (non-hydrogen) atoms. The maximum atomic E-state index is 13.7. The molecule has 0 bridgehead atoms. The number of nitrogens with two attached hydrogens (primary N) is 1. The molecule has 0 aliphatic carbocycles. The molecule has 3 rings (SSSR count). The summed E-state index contributed by atoms with van der Waals surface area (Å²) in [4.78, 5) is 15.7. The van der Waals surface area contributed by atoms with Crippen molar-refractivity contribution in [2.45, 2.75) is 19.6 Å². The van der Waals surface area contributed by atoms with Crippen LogP contribution in [0.2, 0.25) is 0 Å². The summed E-state index contributed by atoms with van der Waals surface area (Å²) in [5.74, 6) is -1.53. The van der Waals surface area contributed by atoms with Crippen molar-refractivity contribution in [3.05, 3.63) is 58.8 Å². The van der Waals surface area contributed by atoms with Gasteiger partial charge in [-0.2, -0.15) is 10.4 Å². The van der Waals surface area contributed by atoms with Crippen molar-refractivity contribution in [1.29, 1.82) is 5.26 Å². The van der Waals surface area contributed by atoms with Gasteiger partial charge in [0.1, 0.15) is 18.0 Å². The number of nitrogen functional groups attached to an aromatic ring is 1. The highest BCUT2D eigenvalue weighted by Gasteiger charge is 2.22. The van der Waals surface area contributed by atoms with E-state index in [0.29, 0.717) is 17.7 Å². The summed E-state index contributed by atoms with van der Waals surface area (Å²) < 4.78 is 21.2. The number of nitrogens with one attached hydrogen (secondary N) is 1. The largest absolute Gasteiger partial charge is 0.482 e. The summed E-state index contributed by atoms with van der Waals surface area (Å²) in [6, 6.07) is 7.05. The van der Waals surface area contributed by atoms with Crippen LogP contribution < -0.4 is 15.8 Å². The molecule has 2 heterocycles. The van der Waals surface area contributed by atoms with E-state index in [1.165, 1.54) is 12.3 Å². The van der Waals surface area contributed by atoms with Gasteiger partial charge in [0.25, 0.3) is 0 Å². The number of anilines is 1. The lowest BCUT2D eigenvalue weighted by molar-refractivity contribution is 0.0691. The van der Waals surface area contributed by atoms with Gasteiger partial charge >= 0.3 is 5.97 Å². The number of rotatable bonds is 7. The van der Waals surface area contributed by atoms with E-state index in [2.05, 4.69) is 21.5 Å². The second-order valence-electron chi connectivity index (χ2n) is 6.84. The van der Waals surface area contributed by atoms with Crippen LogP contribution in [0.3, 0.4) is 0 Å². The normalized spacial score (nSPS) is 11.7. The molecule has 0 unspecified atom stereocenters. The van der Waals surface area contributed by atoms with Crippen molar-refractivity contribution in [3.8, 4) is 22.9 Å². The zero-order valence-electron chi connectivity index (χ0n) is 17.2. The van der Waals surface area contributed by atoms with Crippen molar-refractivity contribution < 1.29 is 19.0 Å². The first-order chi connectivity index (χ1) is 14.8. The number of carboxylic acids is 1. The van der Waals surface area contributed by atoms with Gasteiger partial charge in [-0.15, -0.1) is 0 Å². The Balaban J connectivity index is 2.04. The number of benzene rings is 1. The number of hydrogen-bond acceptors (Lipinski definition) is 7. The van der Waals surface area contributed by atoms with Gasteiger partial charge in [0.2, 0.25) is 0 Å². The van der Waals surface area contributed by atoms with E-state index in [-0.39, 0.29) is 28.4 Å². The molecule has 0 saturated heterocycles. The number of nitriles is 1. The molecule has 0 spiro atoms. The predicted molar refractivity (Wildman–Crippen MR) is 111 cm³/mol. The third-order valence-corrected chi connectivity index (χ3v) is 4.77. The summed E-state index contributed by atoms with van der Waals surface area (Å²) in [5, 5.41) is 26.2. The first-order valence-electron chi connectivity index (χ1n) is 9.32. The van der Waals surface area contributed by atoms with E-state index >= 15 is 0 Å². The highest BCUT2D eigenvalue weighted by atomic mass is 19.1. The van der Waals surface area contributed by atoms with Crippen LogP contribution in [-0.2, 0) is 13.6 Å². The summed E-state index contributed by atoms with van der Waals surface area (Å²) in [6.45, 7) is 2.05. The van der Waals surface area contributed by atoms with Crippen LogP contribution in [0, 0.1) is 17.1 Å². The number of halogens is 1. The highest BCUT2D eigenvalue weighted by Crippen LogP contribution is 2.34. The van der Waals surface area contributed by atoms with E-state index in [9.17, 15) is 19.6 Å². The number of carboxylic acid groups (broad SMARTS) is 1. The van der Waals surface area contributed by atoms with Crippen molar-refractivity contribution in [1.82, 2.24) is 20.1 Å². The maximum absolute atomic E-state index is 13.7. The summed E-state index contributed by atoms with van der Waals surface area (Å²) in [6.07, 6.45) is 0.677. The number of aryl methyl sites for hydroxylation is 1. The standard InChI is InChI=1S/C21H21FN6O3/c1-11(15-7-13(22)4-5-14(15)21(29)30)31-18-6-12(9-26-20(18)24)19-16(8-23)27-28(3)17(19)10-25-2/h4-7,9,11,25H,10H2,1-3H3,(H2,24,26)(H,29,30)/t11-/m1/s1. The second-order valence-corrected chi connectivity index (χ2v) is 6.84. The van der Waals surface area contributed by atoms with E-state index in [1.807, 2.05) is 0 Å². The third kappa shape index (κ3) is 4.31. The lowest BCUT2D eigenvalue weighted by Gasteiger charge is -2.18. The Morgan fingerprint density at radius 1 is 1.45 bits per heavy atom. The average Bonchev–Trinajstić information content (AvgIpc) is 3.05. The molecule has 2 aromatic heterocycles. The molecule has 0 aliphatic rings. The Labute approximate surface area is 177 Å². The maximum Gasteiger partial charge on any atom is 0.336 e. The van der Waals surface area contributed by atoms with Crippen LogP contribution in [0.4, 0.5) is 10.2 Å². The summed E-state index contributed by atoms with van der Waals surface area (Å²) in [5.41, 5.74) is 8.18. The Kier molecular flexibility index (Phi) is 6.17. The van der Waals surface area contributed by atoms with Crippen molar-refractivity contribution in [3.63, 3.8) is 0 Å². The van der Waals surface area contributed by atoms with Gasteiger partial charge in [-0.25, -0.2) is 14.2 Å². The van der Waals surface area contributed by atoms with E-state index in [0.717, 1.165) is 17.8 Å². The van der Waals surface area contributed by atoms with Gasteiger partial charge in [0.15, 0.2) is 17.3 Å². The number of aromatic nitrogens is 3. The minimum Gasteiger partial charge on any atom is -0.482 e. The average molecular weight is 424 g/mol. The summed E-state index contributed by atoms with van der Waals surface area (Å²) >= 11 is 0. The Hall–Kier alpha value is -3.97. The highest BCUT2D eigenvalue weighted by molar-refractivity contribution is 5.89. The Morgan fingerprint density at radius 2 is 2.19 bits per heavy atom. The lowest BCUT2D eigenvalue weighted by Crippen LogP contribution is -2.12. The van der Waals surface area contributed by atoms with Crippen molar-refractivity contribution in [2.24, 2.45) is 7.05 Å². The zero-order valence-corrected chi connectivity index (χ0v) is 17.2. The Bertz CT molecular complexity index is 1180. The molecule has 0 aliphatic heterocycles. The fourth-order valence-electron chi connectivity index (χ4n) is 3.32. The van der Waals surface area contributed by atoms with Crippen LogP contribution in [0.1, 0.15) is 40.3 Å². The van der Waals surface area contributed by atoms with E-state index < -0.39 is 17.9 Å². The van der Waals surface area contributed by atoms with Gasteiger partial charge in [-0.3, -0.25) is 4.68 Å². The second kappa shape index (κ2) is 8.81. The van der Waals surface area contributed by atoms with E-state index in [1.54, 1.807) is 31.8 Å². The third-order valence-electron chi connectivity index (χ3n) is 4.77. The molecule has 0 radical (unpaired) electrons. The lowest BCUT2D eigenvalue weighted by atomic mass is 10.0. The summed E-state index contributed by atoms with van der Waals surface area (Å²) in [7, 11) is 3.51. The molecule has 10 heteroatoms. The van der Waals surface area contributed by atoms with Gasteiger partial charge < -0.3 is 20.9 Å². The van der Waals surface area contributed by atoms with Crippen LogP contribution in [-0.4, -0.2) is 32.9 Å². The molecule has 9 nitrogen and oxygen atoms in total. The van der Waals surface area contributed by atoms with Crippen molar-refractivity contribution in [2.75, 3.05) is 12.8 Å². The molecular weight excluding hydrogens is 403 g/mol. The number of nitrogens with zero attached hydrogens (tertiary/aromatic N) is 4. The van der Waals surface area contributed by atoms with Gasteiger partial charge in [0, 0.05) is 36.5 Å². The molecule has 0 fully saturated rings. The molecule has 3 aromatic rings. The number of pyridine rings is 1. The van der Waals surface area contributed by atoms with Crippen molar-refractivity contribution >= 4 is 11.8 Å². The molecule has 0 saturated carbocycles. The molecule has 1 atom stereocenters. The topological polar surface area (TPSA) is 139 Å². The fraction of sp³-hybridized carbons (Fsp3) is 0.238. The molecular formula is C21H21FN6O3. The zero-order chi connectivity index (χ0) is 22.7. The van der Waals surface area contributed by atoms with Crippen LogP contribution in [0.25, 0.3) is 11.1 Å². The van der Waals surface area contributed by atoms with E-state index in [4.69, 9.17) is 10.5 Å². The first-order valence-corrected chi connectivity index (χ1v) is 9.32. The smallest absolute Gasteiger partial charge is 0.336 e. The number of ether oxygens (including phenoxy) is 1. The number of carbonyl (C=O) groups is 1. The number of aromatic carboxylic acids is 1. The van der Waals surface area contributed by atoms with Crippen LogP contribution in [0.15, 0.2) is 30.5 Å². The minimum absolute atomic E-state index is 0.0708. The monoisotopic (exact) mass is 424 g/mol.